The van der Waals surface area contributed by atoms with Gasteiger partial charge in [0.15, 0.2) is 0 Å². The normalized spacial score (nSPS) is 11.1. The molecule has 154 valence electrons. The van der Waals surface area contributed by atoms with Crippen LogP contribution >= 0.6 is 0 Å². The fraction of sp³-hybridized carbons (Fsp3) is 0.148. The summed E-state index contributed by atoms with van der Waals surface area (Å²) in [5.74, 6) is 2.64. The molecule has 0 unspecified atom stereocenters. The summed E-state index contributed by atoms with van der Waals surface area (Å²) in [5, 5.41) is 2.27. The first kappa shape index (κ1) is 19.2. The molecule has 4 aromatic carbocycles. The lowest BCUT2D eigenvalue weighted by Gasteiger charge is -2.13. The molecule has 0 bridgehead atoms. The molecule has 0 atom stereocenters. The van der Waals surface area contributed by atoms with E-state index in [0.29, 0.717) is 19.8 Å². The van der Waals surface area contributed by atoms with Crippen molar-refractivity contribution in [2.24, 2.45) is 0 Å². The van der Waals surface area contributed by atoms with Crippen molar-refractivity contribution in [2.45, 2.75) is 20.1 Å². The van der Waals surface area contributed by atoms with Gasteiger partial charge >= 0.3 is 0 Å². The van der Waals surface area contributed by atoms with Gasteiger partial charge in [-0.15, -0.1) is 0 Å². The van der Waals surface area contributed by atoms with Gasteiger partial charge in [-0.05, 0) is 42.6 Å². The van der Waals surface area contributed by atoms with E-state index in [1.54, 1.807) is 0 Å². The van der Waals surface area contributed by atoms with Crippen molar-refractivity contribution in [1.82, 2.24) is 9.55 Å². The number of imidazole rings is 1. The summed E-state index contributed by atoms with van der Waals surface area (Å²) >= 11 is 0. The van der Waals surface area contributed by atoms with Crippen LogP contribution in [0.25, 0.3) is 21.8 Å². The Labute approximate surface area is 181 Å². The predicted octanol–water partition coefficient (Wildman–Crippen LogP) is 6.16. The maximum absolute atomic E-state index is 6.23. The second-order valence-corrected chi connectivity index (χ2v) is 7.60. The third kappa shape index (κ3) is 4.10. The molecule has 0 aliphatic rings. The second kappa shape index (κ2) is 8.52. The highest BCUT2D eigenvalue weighted by atomic mass is 16.5. The number of hydrogen-bond donors (Lipinski definition) is 0. The van der Waals surface area contributed by atoms with Crippen LogP contribution in [0.5, 0.6) is 11.5 Å². The average Bonchev–Trinajstić information content (AvgIpc) is 3.16. The van der Waals surface area contributed by atoms with Gasteiger partial charge in [0.05, 0.1) is 17.6 Å². The smallest absolute Gasteiger partial charge is 0.148 e. The van der Waals surface area contributed by atoms with Crippen LogP contribution in [0.4, 0.5) is 0 Å². The molecule has 0 radical (unpaired) electrons. The molecular weight excluding hydrogens is 384 g/mol. The quantitative estimate of drug-likeness (QED) is 0.324. The molecule has 1 aromatic heterocycles. The molecule has 5 aromatic rings. The van der Waals surface area contributed by atoms with Crippen LogP contribution in [-0.2, 0) is 13.2 Å². The molecule has 5 rings (SSSR count). The lowest BCUT2D eigenvalue weighted by molar-refractivity contribution is 0.274. The monoisotopic (exact) mass is 408 g/mol. The van der Waals surface area contributed by atoms with E-state index in [4.69, 9.17) is 14.5 Å². The van der Waals surface area contributed by atoms with Crippen molar-refractivity contribution in [3.8, 4) is 11.5 Å². The zero-order valence-electron chi connectivity index (χ0n) is 17.5. The van der Waals surface area contributed by atoms with E-state index in [1.165, 1.54) is 10.9 Å². The summed E-state index contributed by atoms with van der Waals surface area (Å²) in [6.07, 6.45) is 0. The van der Waals surface area contributed by atoms with Crippen molar-refractivity contribution >= 4 is 21.8 Å². The molecule has 0 amide bonds. The van der Waals surface area contributed by atoms with Crippen molar-refractivity contribution in [3.63, 3.8) is 0 Å². The van der Waals surface area contributed by atoms with E-state index in [0.717, 1.165) is 33.7 Å². The summed E-state index contributed by atoms with van der Waals surface area (Å²) < 4.78 is 14.4. The number of aromatic nitrogens is 2. The van der Waals surface area contributed by atoms with E-state index in [-0.39, 0.29) is 0 Å². The fourth-order valence-corrected chi connectivity index (χ4v) is 3.84. The maximum Gasteiger partial charge on any atom is 0.148 e. The molecule has 0 aliphatic heterocycles. The maximum atomic E-state index is 6.23. The number of benzene rings is 4. The molecule has 0 saturated carbocycles. The molecule has 0 N–H and O–H groups in total. The highest BCUT2D eigenvalue weighted by molar-refractivity contribution is 5.88. The molecule has 4 heteroatoms. The fourth-order valence-electron chi connectivity index (χ4n) is 3.84. The molecule has 1 heterocycles. The molecule has 31 heavy (non-hydrogen) atoms. The number of nitrogens with zero attached hydrogens (tertiary/aromatic N) is 2. The van der Waals surface area contributed by atoms with E-state index in [1.807, 2.05) is 54.6 Å². The third-order valence-corrected chi connectivity index (χ3v) is 5.44. The lowest BCUT2D eigenvalue weighted by Crippen LogP contribution is -2.13. The Morgan fingerprint density at radius 1 is 0.774 bits per heavy atom. The molecule has 0 aliphatic carbocycles. The first-order chi connectivity index (χ1) is 15.3. The second-order valence-electron chi connectivity index (χ2n) is 7.60. The van der Waals surface area contributed by atoms with Crippen LogP contribution in [0.2, 0.25) is 0 Å². The SMILES string of the molecule is Cc1ccc(OCCn2c(COc3cccc4ccccc34)nc3ccccc32)cc1. The number of fused-ring (bicyclic) bond motifs is 2. The summed E-state index contributed by atoms with van der Waals surface area (Å²) in [6, 6.07) is 30.7. The van der Waals surface area contributed by atoms with Gasteiger partial charge in [-0.2, -0.15) is 0 Å². The van der Waals surface area contributed by atoms with Gasteiger partial charge in [-0.3, -0.25) is 0 Å². The van der Waals surface area contributed by atoms with Gasteiger partial charge < -0.3 is 14.0 Å². The van der Waals surface area contributed by atoms with Crippen molar-refractivity contribution in [1.29, 1.82) is 0 Å². The van der Waals surface area contributed by atoms with Crippen molar-refractivity contribution < 1.29 is 9.47 Å². The van der Waals surface area contributed by atoms with Crippen LogP contribution in [-0.4, -0.2) is 16.2 Å². The van der Waals surface area contributed by atoms with Gasteiger partial charge in [0.2, 0.25) is 0 Å². The van der Waals surface area contributed by atoms with Crippen LogP contribution in [0, 0.1) is 6.92 Å². The minimum absolute atomic E-state index is 0.396. The average molecular weight is 409 g/mol. The summed E-state index contributed by atoms with van der Waals surface area (Å²) in [7, 11) is 0. The Bertz CT molecular complexity index is 1320. The number of aryl methyl sites for hydroxylation is 1. The first-order valence-electron chi connectivity index (χ1n) is 10.5. The largest absolute Gasteiger partial charge is 0.492 e. The van der Waals surface area contributed by atoms with Crippen LogP contribution in [0.1, 0.15) is 11.4 Å². The summed E-state index contributed by atoms with van der Waals surface area (Å²) in [6.45, 7) is 3.73. The van der Waals surface area contributed by atoms with Gasteiger partial charge in [-0.1, -0.05) is 66.2 Å². The van der Waals surface area contributed by atoms with Gasteiger partial charge in [0.1, 0.15) is 30.5 Å². The molecule has 0 saturated heterocycles. The van der Waals surface area contributed by atoms with Crippen LogP contribution < -0.4 is 9.47 Å². The highest BCUT2D eigenvalue weighted by Gasteiger charge is 2.12. The topological polar surface area (TPSA) is 36.3 Å². The Balaban J connectivity index is 1.37. The summed E-state index contributed by atoms with van der Waals surface area (Å²) in [5.41, 5.74) is 3.28. The standard InChI is InChI=1S/C27H24N2O2/c1-20-13-15-22(16-14-20)30-18-17-29-25-11-5-4-10-24(25)28-27(29)19-31-26-12-6-8-21-7-2-3-9-23(21)26/h2-16H,17-19H2,1H3. The number of ether oxygens (including phenoxy) is 2. The van der Waals surface area contributed by atoms with Gasteiger partial charge in [0.25, 0.3) is 0 Å². The van der Waals surface area contributed by atoms with Crippen molar-refractivity contribution in [2.75, 3.05) is 6.61 Å². The Morgan fingerprint density at radius 2 is 1.55 bits per heavy atom. The number of hydrogen-bond acceptors (Lipinski definition) is 3. The first-order valence-corrected chi connectivity index (χ1v) is 10.5. The number of rotatable bonds is 7. The number of para-hydroxylation sites is 2. The molecule has 0 spiro atoms. The summed E-state index contributed by atoms with van der Waals surface area (Å²) in [4.78, 5) is 4.83. The molecular formula is C27H24N2O2. The molecule has 0 fully saturated rings. The lowest BCUT2D eigenvalue weighted by atomic mass is 10.1. The highest BCUT2D eigenvalue weighted by Crippen LogP contribution is 2.26. The zero-order valence-corrected chi connectivity index (χ0v) is 17.5. The third-order valence-electron chi connectivity index (χ3n) is 5.44. The minimum Gasteiger partial charge on any atom is -0.492 e. The van der Waals surface area contributed by atoms with Crippen molar-refractivity contribution in [3.05, 3.63) is 102 Å². The van der Waals surface area contributed by atoms with E-state index < -0.39 is 0 Å². The minimum atomic E-state index is 0.396. The van der Waals surface area contributed by atoms with Crippen LogP contribution in [0.15, 0.2) is 91.0 Å². The predicted molar refractivity (Wildman–Crippen MR) is 125 cm³/mol. The molecule has 4 nitrogen and oxygen atoms in total. The van der Waals surface area contributed by atoms with E-state index in [9.17, 15) is 0 Å². The van der Waals surface area contributed by atoms with Crippen LogP contribution in [0.3, 0.4) is 0 Å². The Hall–Kier alpha value is -3.79. The van der Waals surface area contributed by atoms with Gasteiger partial charge in [0, 0.05) is 5.39 Å². The Morgan fingerprint density at radius 3 is 2.45 bits per heavy atom. The van der Waals surface area contributed by atoms with Gasteiger partial charge in [-0.25, -0.2) is 4.98 Å². The van der Waals surface area contributed by atoms with E-state index >= 15 is 0 Å². The Kier molecular flexibility index (Phi) is 5.28. The zero-order chi connectivity index (χ0) is 21.0. The van der Waals surface area contributed by atoms with E-state index in [2.05, 4.69) is 47.9 Å².